The molecule has 2 amide bonds. The highest BCUT2D eigenvalue weighted by molar-refractivity contribution is 5.97. The smallest absolute Gasteiger partial charge is 0.245 e. The van der Waals surface area contributed by atoms with Crippen molar-refractivity contribution < 1.29 is 14.7 Å². The SMILES string of the molecule is O=C1N[C@@H](Cc2cnc[nH]2)C(=O)N[C@H]1CO. The third-order valence-corrected chi connectivity index (χ3v) is 2.43. The largest absolute Gasteiger partial charge is 0.394 e. The number of aliphatic hydroxyl groups excluding tert-OH is 1. The van der Waals surface area contributed by atoms with Gasteiger partial charge in [0.2, 0.25) is 11.8 Å². The van der Waals surface area contributed by atoms with Crippen molar-refractivity contribution in [3.63, 3.8) is 0 Å². The average molecular weight is 224 g/mol. The van der Waals surface area contributed by atoms with E-state index in [0.29, 0.717) is 6.42 Å². The van der Waals surface area contributed by atoms with Crippen LogP contribution < -0.4 is 10.6 Å². The highest BCUT2D eigenvalue weighted by atomic mass is 16.3. The lowest BCUT2D eigenvalue weighted by atomic mass is 10.1. The van der Waals surface area contributed by atoms with E-state index in [-0.39, 0.29) is 11.8 Å². The molecule has 0 unspecified atom stereocenters. The summed E-state index contributed by atoms with van der Waals surface area (Å²) in [4.78, 5) is 29.6. The molecule has 1 aromatic rings. The fourth-order valence-corrected chi connectivity index (χ4v) is 1.56. The van der Waals surface area contributed by atoms with E-state index in [1.807, 2.05) is 0 Å². The standard InChI is InChI=1S/C9H12N4O3/c14-3-7-9(16)12-6(8(15)13-7)1-5-2-10-4-11-5/h2,4,6-7,14H,1,3H2,(H,10,11)(H,12,16)(H,13,15)/t6-,7-/m0/s1. The van der Waals surface area contributed by atoms with Crippen molar-refractivity contribution in [2.24, 2.45) is 0 Å². The number of imidazole rings is 1. The van der Waals surface area contributed by atoms with Crippen molar-refractivity contribution in [1.82, 2.24) is 20.6 Å². The van der Waals surface area contributed by atoms with E-state index in [4.69, 9.17) is 5.11 Å². The summed E-state index contributed by atoms with van der Waals surface area (Å²) < 4.78 is 0. The molecule has 0 radical (unpaired) electrons. The molecular formula is C9H12N4O3. The van der Waals surface area contributed by atoms with Crippen LogP contribution in [0, 0.1) is 0 Å². The zero-order valence-corrected chi connectivity index (χ0v) is 8.43. The van der Waals surface area contributed by atoms with E-state index in [1.54, 1.807) is 6.20 Å². The lowest BCUT2D eigenvalue weighted by molar-refractivity contribution is -0.137. The zero-order chi connectivity index (χ0) is 11.5. The van der Waals surface area contributed by atoms with Gasteiger partial charge in [-0.1, -0.05) is 0 Å². The molecule has 2 heterocycles. The van der Waals surface area contributed by atoms with Gasteiger partial charge in [0.1, 0.15) is 12.1 Å². The number of hydrogen-bond donors (Lipinski definition) is 4. The minimum atomic E-state index is -0.842. The van der Waals surface area contributed by atoms with Crippen LogP contribution in [0.1, 0.15) is 5.69 Å². The number of nitrogens with zero attached hydrogens (tertiary/aromatic N) is 1. The van der Waals surface area contributed by atoms with Crippen LogP contribution in [0.15, 0.2) is 12.5 Å². The fourth-order valence-electron chi connectivity index (χ4n) is 1.56. The zero-order valence-electron chi connectivity index (χ0n) is 8.43. The van der Waals surface area contributed by atoms with Gasteiger partial charge < -0.3 is 20.7 Å². The summed E-state index contributed by atoms with van der Waals surface area (Å²) in [6.07, 6.45) is 3.46. The number of aromatic nitrogens is 2. The first-order valence-electron chi connectivity index (χ1n) is 4.89. The number of piperazine rings is 1. The summed E-state index contributed by atoms with van der Waals surface area (Å²) in [5, 5.41) is 13.8. The van der Waals surface area contributed by atoms with Crippen LogP contribution in [0.2, 0.25) is 0 Å². The van der Waals surface area contributed by atoms with Gasteiger partial charge in [0, 0.05) is 18.3 Å². The maximum absolute atomic E-state index is 11.6. The van der Waals surface area contributed by atoms with Crippen molar-refractivity contribution >= 4 is 11.8 Å². The molecule has 16 heavy (non-hydrogen) atoms. The Balaban J connectivity index is 2.02. The summed E-state index contributed by atoms with van der Waals surface area (Å²) in [6.45, 7) is -0.394. The second-order valence-electron chi connectivity index (χ2n) is 3.59. The average Bonchev–Trinajstić information content (AvgIpc) is 2.75. The lowest BCUT2D eigenvalue weighted by Gasteiger charge is -2.28. The number of H-pyrrole nitrogens is 1. The van der Waals surface area contributed by atoms with E-state index in [1.165, 1.54) is 6.33 Å². The number of rotatable bonds is 3. The third-order valence-electron chi connectivity index (χ3n) is 2.43. The van der Waals surface area contributed by atoms with Crippen LogP contribution in [0.5, 0.6) is 0 Å². The molecule has 2 rings (SSSR count). The minimum absolute atomic E-state index is 0.298. The number of hydrogen-bond acceptors (Lipinski definition) is 4. The van der Waals surface area contributed by atoms with Crippen LogP contribution >= 0.6 is 0 Å². The molecule has 0 bridgehead atoms. The van der Waals surface area contributed by atoms with Gasteiger partial charge in [0.25, 0.3) is 0 Å². The predicted octanol–water partition coefficient (Wildman–Crippen LogP) is -2.07. The summed E-state index contributed by atoms with van der Waals surface area (Å²) in [5.74, 6) is -0.667. The summed E-state index contributed by atoms with van der Waals surface area (Å²) in [5.41, 5.74) is 0.767. The van der Waals surface area contributed by atoms with Gasteiger partial charge in [-0.25, -0.2) is 4.98 Å². The lowest BCUT2D eigenvalue weighted by Crippen LogP contribution is -2.63. The van der Waals surface area contributed by atoms with Crippen LogP contribution in [-0.4, -0.2) is 45.6 Å². The molecule has 7 nitrogen and oxygen atoms in total. The Hall–Kier alpha value is -1.89. The number of aliphatic hydroxyl groups is 1. The Morgan fingerprint density at radius 2 is 1.94 bits per heavy atom. The monoisotopic (exact) mass is 224 g/mol. The van der Waals surface area contributed by atoms with E-state index < -0.39 is 18.7 Å². The molecule has 86 valence electrons. The Bertz CT molecular complexity index is 389. The van der Waals surface area contributed by atoms with Gasteiger partial charge in [0.15, 0.2) is 0 Å². The molecule has 0 aliphatic carbocycles. The number of nitrogens with one attached hydrogen (secondary N) is 3. The summed E-state index contributed by atoms with van der Waals surface area (Å²) in [7, 11) is 0. The highest BCUT2D eigenvalue weighted by Crippen LogP contribution is 2.03. The predicted molar refractivity (Wildman–Crippen MR) is 53.2 cm³/mol. The molecule has 0 aromatic carbocycles. The summed E-state index contributed by atoms with van der Waals surface area (Å²) in [6, 6.07) is -1.46. The molecule has 1 aliphatic rings. The van der Waals surface area contributed by atoms with Crippen LogP contribution in [0.25, 0.3) is 0 Å². The van der Waals surface area contributed by atoms with Crippen molar-refractivity contribution in [1.29, 1.82) is 0 Å². The first kappa shape index (κ1) is 10.6. The van der Waals surface area contributed by atoms with Crippen molar-refractivity contribution in [3.05, 3.63) is 18.2 Å². The highest BCUT2D eigenvalue weighted by Gasteiger charge is 2.33. The van der Waals surface area contributed by atoms with E-state index >= 15 is 0 Å². The van der Waals surface area contributed by atoms with Gasteiger partial charge in [-0.2, -0.15) is 0 Å². The van der Waals surface area contributed by atoms with Gasteiger partial charge in [0.05, 0.1) is 12.9 Å². The van der Waals surface area contributed by atoms with Crippen molar-refractivity contribution in [2.75, 3.05) is 6.61 Å². The molecule has 1 saturated heterocycles. The number of carbonyl (C=O) groups excluding carboxylic acids is 2. The Morgan fingerprint density at radius 3 is 2.56 bits per heavy atom. The quantitative estimate of drug-likeness (QED) is 0.473. The Labute approximate surface area is 91.3 Å². The molecule has 1 aromatic heterocycles. The van der Waals surface area contributed by atoms with Crippen LogP contribution in [-0.2, 0) is 16.0 Å². The first-order valence-corrected chi connectivity index (χ1v) is 4.89. The topological polar surface area (TPSA) is 107 Å². The molecule has 1 fully saturated rings. The van der Waals surface area contributed by atoms with Crippen molar-refractivity contribution in [3.8, 4) is 0 Å². The van der Waals surface area contributed by atoms with E-state index in [0.717, 1.165) is 5.69 Å². The second-order valence-corrected chi connectivity index (χ2v) is 3.59. The Kier molecular flexibility index (Phi) is 2.86. The van der Waals surface area contributed by atoms with Crippen molar-refractivity contribution in [2.45, 2.75) is 18.5 Å². The number of carbonyl (C=O) groups is 2. The Morgan fingerprint density at radius 1 is 1.25 bits per heavy atom. The van der Waals surface area contributed by atoms with Gasteiger partial charge in [-0.15, -0.1) is 0 Å². The fraction of sp³-hybridized carbons (Fsp3) is 0.444. The van der Waals surface area contributed by atoms with Gasteiger partial charge in [-0.3, -0.25) is 9.59 Å². The maximum atomic E-state index is 11.6. The number of amides is 2. The molecule has 4 N–H and O–H groups in total. The molecule has 2 atom stereocenters. The van der Waals surface area contributed by atoms with Crippen LogP contribution in [0.4, 0.5) is 0 Å². The molecule has 0 saturated carbocycles. The molecule has 0 spiro atoms. The minimum Gasteiger partial charge on any atom is -0.394 e. The molecule has 7 heteroatoms. The third kappa shape index (κ3) is 2.03. The summed E-state index contributed by atoms with van der Waals surface area (Å²) >= 11 is 0. The van der Waals surface area contributed by atoms with E-state index in [9.17, 15) is 9.59 Å². The molecular weight excluding hydrogens is 212 g/mol. The number of aromatic amines is 1. The maximum Gasteiger partial charge on any atom is 0.245 e. The van der Waals surface area contributed by atoms with Gasteiger partial charge >= 0.3 is 0 Å². The van der Waals surface area contributed by atoms with Gasteiger partial charge in [-0.05, 0) is 0 Å². The first-order chi connectivity index (χ1) is 7.70. The van der Waals surface area contributed by atoms with E-state index in [2.05, 4.69) is 20.6 Å². The molecule has 1 aliphatic heterocycles. The normalized spacial score (nSPS) is 25.1. The van der Waals surface area contributed by atoms with Crippen LogP contribution in [0.3, 0.4) is 0 Å². The second kappa shape index (κ2) is 4.31.